The summed E-state index contributed by atoms with van der Waals surface area (Å²) in [5.74, 6) is 1.80. The van der Waals surface area contributed by atoms with E-state index in [1.807, 2.05) is 0 Å². The monoisotopic (exact) mass is 440 g/mol. The zero-order chi connectivity index (χ0) is 13.2. The van der Waals surface area contributed by atoms with E-state index in [9.17, 15) is 0 Å². The van der Waals surface area contributed by atoms with Crippen LogP contribution in [0.2, 0.25) is 0 Å². The van der Waals surface area contributed by atoms with Crippen LogP contribution in [-0.4, -0.2) is 0 Å². The zero-order valence-corrected chi connectivity index (χ0v) is 18.2. The predicted molar refractivity (Wildman–Crippen MR) is 74.2 cm³/mol. The number of benzene rings is 1. The Morgan fingerprint density at radius 3 is 1.47 bits per heavy atom. The molecule has 0 N–H and O–H groups in total. The first-order chi connectivity index (χ1) is 7.88. The van der Waals surface area contributed by atoms with Gasteiger partial charge in [0.15, 0.2) is 0 Å². The van der Waals surface area contributed by atoms with Crippen LogP contribution in [-0.2, 0) is 23.3 Å². The molecule has 1 aromatic carbocycles. The van der Waals surface area contributed by atoms with Crippen molar-refractivity contribution in [2.45, 2.75) is 59.3 Å². The first-order valence-corrected chi connectivity index (χ1v) is 16.1. The van der Waals surface area contributed by atoms with Gasteiger partial charge in [-0.3, -0.25) is 0 Å². The molecule has 0 heterocycles. The van der Waals surface area contributed by atoms with Gasteiger partial charge in [0.2, 0.25) is 0 Å². The van der Waals surface area contributed by atoms with Crippen molar-refractivity contribution in [1.29, 1.82) is 0 Å². The van der Waals surface area contributed by atoms with Crippen LogP contribution in [0.4, 0.5) is 0 Å². The fraction of sp³-hybridized carbons (Fsp3) is 0.600. The van der Waals surface area contributed by atoms with Crippen molar-refractivity contribution < 1.29 is 23.3 Å². The summed E-state index contributed by atoms with van der Waals surface area (Å²) >= 11 is -1.37. The standard InChI is InChI=1S/C15H23.ClH.Hg/c1-10(2)13-7-14(11(3)4)9-15(8-13)12(5)6;;/h7-8,10-12H,1-6H3;1H;/q;;+1/p-1. The second-order valence-electron chi connectivity index (χ2n) is 5.78. The summed E-state index contributed by atoms with van der Waals surface area (Å²) in [6, 6.07) is 4.80. The molecule has 0 aliphatic rings. The molecule has 1 aromatic rings. The van der Waals surface area contributed by atoms with E-state index in [4.69, 9.17) is 8.25 Å². The van der Waals surface area contributed by atoms with Crippen molar-refractivity contribution in [2.75, 3.05) is 0 Å². The van der Waals surface area contributed by atoms with E-state index in [-0.39, 0.29) is 0 Å². The van der Waals surface area contributed by atoms with Crippen molar-refractivity contribution in [1.82, 2.24) is 0 Å². The quantitative estimate of drug-likeness (QED) is 0.585. The zero-order valence-electron chi connectivity index (χ0n) is 12.0. The Kier molecular flexibility index (Phi) is 5.99. The van der Waals surface area contributed by atoms with Crippen molar-refractivity contribution in [2.24, 2.45) is 0 Å². The molecule has 92 valence electrons. The molecule has 0 amide bonds. The number of hydrogen-bond donors (Lipinski definition) is 0. The van der Waals surface area contributed by atoms with Gasteiger partial charge in [-0.1, -0.05) is 0 Å². The predicted octanol–water partition coefficient (Wildman–Crippen LogP) is 4.92. The van der Waals surface area contributed by atoms with Crippen LogP contribution in [0.1, 0.15) is 76.0 Å². The molecule has 0 aromatic heterocycles. The van der Waals surface area contributed by atoms with Gasteiger partial charge in [0.25, 0.3) is 0 Å². The Bertz CT molecular complexity index is 352. The maximum absolute atomic E-state index is 6.38. The van der Waals surface area contributed by atoms with Crippen LogP contribution in [0.5, 0.6) is 0 Å². The minimum atomic E-state index is -1.37. The van der Waals surface area contributed by atoms with Gasteiger partial charge >= 0.3 is 123 Å². The first kappa shape index (κ1) is 15.5. The molecule has 0 atom stereocenters. The summed E-state index contributed by atoms with van der Waals surface area (Å²) in [5.41, 5.74) is 4.52. The fourth-order valence-electron chi connectivity index (χ4n) is 2.26. The van der Waals surface area contributed by atoms with Gasteiger partial charge in [0, 0.05) is 0 Å². The third kappa shape index (κ3) is 3.70. The summed E-state index contributed by atoms with van der Waals surface area (Å²) in [5, 5.41) is 0. The molecule has 0 nitrogen and oxygen atoms in total. The number of halogens is 1. The molecule has 0 spiro atoms. The van der Waals surface area contributed by atoms with Gasteiger partial charge in [-0.2, -0.15) is 0 Å². The van der Waals surface area contributed by atoms with E-state index >= 15 is 0 Å². The van der Waals surface area contributed by atoms with E-state index < -0.39 is 23.3 Å². The Morgan fingerprint density at radius 2 is 1.24 bits per heavy atom. The molecule has 2 heteroatoms. The molecular formula is C15H23ClHg. The van der Waals surface area contributed by atoms with Gasteiger partial charge in [-0.25, -0.2) is 0 Å². The van der Waals surface area contributed by atoms with Gasteiger partial charge in [-0.05, 0) is 0 Å². The van der Waals surface area contributed by atoms with Gasteiger partial charge in [0.1, 0.15) is 0 Å². The minimum absolute atomic E-state index is 0.597. The first-order valence-electron chi connectivity index (χ1n) is 6.61. The van der Waals surface area contributed by atoms with Gasteiger partial charge < -0.3 is 0 Å². The Hall–Kier alpha value is 0.445. The van der Waals surface area contributed by atoms with Crippen molar-refractivity contribution in [3.05, 3.63) is 28.8 Å². The van der Waals surface area contributed by atoms with Crippen molar-refractivity contribution in [3.63, 3.8) is 0 Å². The second kappa shape index (κ2) is 6.56. The van der Waals surface area contributed by atoms with E-state index in [1.165, 1.54) is 16.7 Å². The van der Waals surface area contributed by atoms with Crippen LogP contribution in [0, 0.1) is 0 Å². The summed E-state index contributed by atoms with van der Waals surface area (Å²) in [7, 11) is 6.38. The molecule has 0 fully saturated rings. The Morgan fingerprint density at radius 1 is 0.824 bits per heavy atom. The molecule has 0 radical (unpaired) electrons. The molecule has 0 aliphatic heterocycles. The molecular weight excluding hydrogens is 416 g/mol. The van der Waals surface area contributed by atoms with Crippen LogP contribution in [0.25, 0.3) is 0 Å². The summed E-state index contributed by atoms with van der Waals surface area (Å²) in [6.45, 7) is 13.7. The molecule has 0 bridgehead atoms. The third-order valence-corrected chi connectivity index (χ3v) is 9.94. The summed E-state index contributed by atoms with van der Waals surface area (Å²) in [6.07, 6.45) is 0. The summed E-state index contributed by atoms with van der Waals surface area (Å²) in [4.78, 5) is 0. The number of rotatable bonds is 4. The van der Waals surface area contributed by atoms with E-state index in [0.29, 0.717) is 17.8 Å². The topological polar surface area (TPSA) is 0 Å². The van der Waals surface area contributed by atoms with E-state index in [0.717, 1.165) is 0 Å². The van der Waals surface area contributed by atoms with Crippen molar-refractivity contribution >= 4 is 11.3 Å². The van der Waals surface area contributed by atoms with Crippen molar-refractivity contribution in [3.8, 4) is 0 Å². The molecule has 0 aliphatic carbocycles. The molecule has 0 unspecified atom stereocenters. The average molecular weight is 439 g/mol. The fourth-order valence-corrected chi connectivity index (χ4v) is 10.1. The Labute approximate surface area is 122 Å². The van der Waals surface area contributed by atoms with Gasteiger partial charge in [0.05, 0.1) is 0 Å². The normalized spacial score (nSPS) is 11.4. The molecule has 1 rings (SSSR count). The summed E-state index contributed by atoms with van der Waals surface area (Å²) < 4.78 is 1.57. The third-order valence-electron chi connectivity index (χ3n) is 3.39. The van der Waals surface area contributed by atoms with Crippen LogP contribution < -0.4 is 3.07 Å². The van der Waals surface area contributed by atoms with Gasteiger partial charge in [-0.15, -0.1) is 0 Å². The average Bonchev–Trinajstić information content (AvgIpc) is 2.26. The Balaban J connectivity index is 3.46. The van der Waals surface area contributed by atoms with Crippen LogP contribution in [0.3, 0.4) is 0 Å². The SMILES string of the molecule is CC(C)c1cc(C(C)C)[c]([Hg][Cl])c(C(C)C)c1. The van der Waals surface area contributed by atoms with E-state index in [2.05, 4.69) is 53.7 Å². The van der Waals surface area contributed by atoms with E-state index in [1.54, 1.807) is 3.07 Å². The maximum atomic E-state index is 6.38. The molecule has 0 saturated heterocycles. The molecule has 0 saturated carbocycles. The second-order valence-corrected chi connectivity index (χ2v) is 11.9. The number of hydrogen-bond acceptors (Lipinski definition) is 0. The molecule has 17 heavy (non-hydrogen) atoms. The van der Waals surface area contributed by atoms with Crippen LogP contribution >= 0.6 is 8.25 Å². The van der Waals surface area contributed by atoms with Crippen LogP contribution in [0.15, 0.2) is 12.1 Å².